The minimum absolute atomic E-state index is 0.0269. The lowest BCUT2D eigenvalue weighted by molar-refractivity contribution is -0.119. The summed E-state index contributed by atoms with van der Waals surface area (Å²) < 4.78 is 8.31. The second-order valence-electron chi connectivity index (χ2n) is 6.58. The van der Waals surface area contributed by atoms with Crippen molar-refractivity contribution in [2.75, 3.05) is 6.61 Å². The van der Waals surface area contributed by atoms with Crippen LogP contribution in [0.1, 0.15) is 31.2 Å². The third-order valence-electron chi connectivity index (χ3n) is 4.00. The lowest BCUT2D eigenvalue weighted by atomic mass is 10.2. The highest BCUT2D eigenvalue weighted by molar-refractivity contribution is 9.10. The average Bonchev–Trinajstić information content (AvgIpc) is 2.66. The first kappa shape index (κ1) is 21.2. The first-order valence-electron chi connectivity index (χ1n) is 8.73. The van der Waals surface area contributed by atoms with E-state index in [1.807, 2.05) is 19.9 Å². The molecule has 0 bridgehead atoms. The molecule has 1 amide bonds. The Hall–Kier alpha value is -2.52. The van der Waals surface area contributed by atoms with E-state index in [4.69, 9.17) is 10.5 Å². The number of carbonyl (C=O) groups is 1. The summed E-state index contributed by atoms with van der Waals surface area (Å²) in [6, 6.07) is 10.6. The van der Waals surface area contributed by atoms with Crippen LogP contribution >= 0.6 is 31.9 Å². The maximum absolute atomic E-state index is 13.1. The van der Waals surface area contributed by atoms with Crippen molar-refractivity contribution in [3.05, 3.63) is 67.1 Å². The van der Waals surface area contributed by atoms with Crippen LogP contribution in [0.25, 0.3) is 10.9 Å². The fourth-order valence-corrected chi connectivity index (χ4v) is 3.41. The number of benzene rings is 2. The summed E-state index contributed by atoms with van der Waals surface area (Å²) in [6.45, 7) is 3.63. The first-order valence-corrected chi connectivity index (χ1v) is 10.3. The van der Waals surface area contributed by atoms with Gasteiger partial charge >= 0.3 is 0 Å². The molecule has 2 N–H and O–H groups in total. The van der Waals surface area contributed by atoms with E-state index in [0.29, 0.717) is 28.0 Å². The van der Waals surface area contributed by atoms with E-state index in [0.717, 1.165) is 8.95 Å². The van der Waals surface area contributed by atoms with Gasteiger partial charge < -0.3 is 10.5 Å². The maximum atomic E-state index is 13.1. The molecule has 0 saturated carbocycles. The van der Waals surface area contributed by atoms with E-state index in [1.54, 1.807) is 30.3 Å². The van der Waals surface area contributed by atoms with E-state index in [1.165, 1.54) is 10.9 Å². The number of nitrogens with two attached hydrogens (primary N) is 1. The second-order valence-corrected chi connectivity index (χ2v) is 8.42. The minimum atomic E-state index is -0.585. The van der Waals surface area contributed by atoms with E-state index in [9.17, 15) is 9.59 Å². The Bertz CT molecular complexity index is 1170. The fourth-order valence-electron chi connectivity index (χ4n) is 2.67. The lowest BCUT2D eigenvalue weighted by Crippen LogP contribution is -2.23. The van der Waals surface area contributed by atoms with Gasteiger partial charge in [0.1, 0.15) is 11.6 Å². The molecule has 2 aromatic carbocycles. The quantitative estimate of drug-likeness (QED) is 0.499. The number of halogens is 2. The zero-order valence-electron chi connectivity index (χ0n) is 15.7. The molecule has 0 unspecified atom stereocenters. The number of carbonyl (C=O) groups excluding carboxylic acids is 1. The van der Waals surface area contributed by atoms with Gasteiger partial charge in [-0.2, -0.15) is 9.78 Å². The molecule has 0 aliphatic carbocycles. The second kappa shape index (κ2) is 8.87. The summed E-state index contributed by atoms with van der Waals surface area (Å²) in [6.07, 6.45) is 1.50. The number of aromatic nitrogens is 2. The van der Waals surface area contributed by atoms with Crippen molar-refractivity contribution in [2.24, 2.45) is 10.8 Å². The van der Waals surface area contributed by atoms with Gasteiger partial charge in [0.2, 0.25) is 0 Å². The van der Waals surface area contributed by atoms with Crippen LogP contribution in [-0.4, -0.2) is 28.4 Å². The number of amides is 1. The van der Waals surface area contributed by atoms with E-state index >= 15 is 0 Å². The Morgan fingerprint density at radius 1 is 1.24 bits per heavy atom. The first-order chi connectivity index (χ1) is 13.8. The van der Waals surface area contributed by atoms with Gasteiger partial charge in [0.25, 0.3) is 11.5 Å². The molecule has 9 heteroatoms. The van der Waals surface area contributed by atoms with Crippen LogP contribution in [0.5, 0.6) is 5.75 Å². The largest absolute Gasteiger partial charge is 0.483 e. The number of hydrogen-bond donors (Lipinski definition) is 1. The summed E-state index contributed by atoms with van der Waals surface area (Å²) >= 11 is 6.79. The highest BCUT2D eigenvalue weighted by Crippen LogP contribution is 2.23. The molecule has 0 aliphatic heterocycles. The zero-order valence-corrected chi connectivity index (χ0v) is 18.9. The minimum Gasteiger partial charge on any atom is -0.483 e. The molecule has 0 atom stereocenters. The van der Waals surface area contributed by atoms with Gasteiger partial charge in [0, 0.05) is 20.4 Å². The van der Waals surface area contributed by atoms with Crippen LogP contribution in [0, 0.1) is 0 Å². The Morgan fingerprint density at radius 2 is 1.93 bits per heavy atom. The van der Waals surface area contributed by atoms with Crippen LogP contribution in [0.2, 0.25) is 0 Å². The van der Waals surface area contributed by atoms with Gasteiger partial charge in [-0.1, -0.05) is 45.7 Å². The monoisotopic (exact) mass is 520 g/mol. The number of primary amides is 1. The molecule has 3 rings (SSSR count). The highest BCUT2D eigenvalue weighted by Gasteiger charge is 2.14. The summed E-state index contributed by atoms with van der Waals surface area (Å²) in [5.41, 5.74) is 6.08. The molecule has 1 heterocycles. The van der Waals surface area contributed by atoms with E-state index < -0.39 is 5.91 Å². The van der Waals surface area contributed by atoms with Crippen molar-refractivity contribution < 1.29 is 9.53 Å². The lowest BCUT2D eigenvalue weighted by Gasteiger charge is -2.12. The number of rotatable bonds is 6. The van der Waals surface area contributed by atoms with E-state index in [2.05, 4.69) is 41.9 Å². The summed E-state index contributed by atoms with van der Waals surface area (Å²) in [5, 5.41) is 4.85. The fraction of sp³-hybridized carbons (Fsp3) is 0.200. The third kappa shape index (κ3) is 4.91. The van der Waals surface area contributed by atoms with Crippen LogP contribution in [0.15, 0.2) is 55.2 Å². The van der Waals surface area contributed by atoms with Gasteiger partial charge in [0.05, 0.1) is 17.1 Å². The molecule has 0 radical (unpaired) electrons. The Kier molecular flexibility index (Phi) is 6.49. The highest BCUT2D eigenvalue weighted by atomic mass is 79.9. The molecule has 0 saturated heterocycles. The maximum Gasteiger partial charge on any atom is 0.282 e. The Morgan fingerprint density at radius 3 is 2.62 bits per heavy atom. The summed E-state index contributed by atoms with van der Waals surface area (Å²) in [7, 11) is 0. The Balaban J connectivity index is 2.12. The molecule has 1 aromatic heterocycles. The van der Waals surface area contributed by atoms with Crippen molar-refractivity contribution in [1.82, 2.24) is 9.66 Å². The molecular formula is C20H18Br2N4O3. The SMILES string of the molecule is CC(C)c1nc2ccc(Br)cc2c(=O)n1N=Cc1cc(Br)ccc1OCC(N)=O. The normalized spacial score (nSPS) is 11.5. The molecule has 0 aliphatic rings. The number of nitrogens with zero attached hydrogens (tertiary/aromatic N) is 3. The van der Waals surface area contributed by atoms with Crippen LogP contribution in [0.3, 0.4) is 0 Å². The van der Waals surface area contributed by atoms with Gasteiger partial charge in [0.15, 0.2) is 6.61 Å². The van der Waals surface area contributed by atoms with Gasteiger partial charge in [-0.15, -0.1) is 0 Å². The summed E-state index contributed by atoms with van der Waals surface area (Å²) in [4.78, 5) is 28.7. The molecule has 0 spiro atoms. The Labute approximate surface area is 183 Å². The van der Waals surface area contributed by atoms with Gasteiger partial charge in [-0.05, 0) is 36.4 Å². The van der Waals surface area contributed by atoms with Crippen molar-refractivity contribution in [2.45, 2.75) is 19.8 Å². The molecule has 0 fully saturated rings. The molecule has 29 heavy (non-hydrogen) atoms. The average molecular weight is 522 g/mol. The van der Waals surface area contributed by atoms with Gasteiger partial charge in [-0.25, -0.2) is 4.98 Å². The third-order valence-corrected chi connectivity index (χ3v) is 4.99. The van der Waals surface area contributed by atoms with Crippen molar-refractivity contribution in [1.29, 1.82) is 0 Å². The van der Waals surface area contributed by atoms with Crippen LogP contribution in [-0.2, 0) is 4.79 Å². The van der Waals surface area contributed by atoms with Crippen molar-refractivity contribution in [3.63, 3.8) is 0 Å². The molecule has 7 nitrogen and oxygen atoms in total. The van der Waals surface area contributed by atoms with E-state index in [-0.39, 0.29) is 18.1 Å². The number of hydrogen-bond acceptors (Lipinski definition) is 5. The summed E-state index contributed by atoms with van der Waals surface area (Å²) in [5.74, 6) is 0.349. The number of ether oxygens (including phenoxy) is 1. The van der Waals surface area contributed by atoms with Crippen molar-refractivity contribution >= 4 is 54.9 Å². The molecule has 3 aromatic rings. The zero-order chi connectivity index (χ0) is 21.1. The topological polar surface area (TPSA) is 99.6 Å². The standard InChI is InChI=1S/C20H18Br2N4O3/c1-11(2)19-25-16-5-3-14(22)8-15(16)20(28)26(19)24-9-12-7-13(21)4-6-17(12)29-10-18(23)27/h3-9,11H,10H2,1-2H3,(H2,23,27). The smallest absolute Gasteiger partial charge is 0.282 e. The van der Waals surface area contributed by atoms with Crippen LogP contribution < -0.4 is 16.0 Å². The predicted octanol–water partition coefficient (Wildman–Crippen LogP) is 3.79. The molecule has 150 valence electrons. The van der Waals surface area contributed by atoms with Gasteiger partial charge in [-0.3, -0.25) is 9.59 Å². The van der Waals surface area contributed by atoms with Crippen molar-refractivity contribution in [3.8, 4) is 5.75 Å². The number of fused-ring (bicyclic) bond motifs is 1. The molecular weight excluding hydrogens is 504 g/mol. The van der Waals surface area contributed by atoms with Crippen LogP contribution in [0.4, 0.5) is 0 Å². The predicted molar refractivity (Wildman–Crippen MR) is 120 cm³/mol.